The molecule has 2 aromatic heterocycles. The van der Waals surface area contributed by atoms with Gasteiger partial charge in [-0.05, 0) is 30.2 Å². The first-order chi connectivity index (χ1) is 18.1. The Kier molecular flexibility index (Phi) is 8.51. The van der Waals surface area contributed by atoms with E-state index in [1.165, 1.54) is 0 Å². The molecule has 4 aromatic rings. The lowest BCUT2D eigenvalue weighted by atomic mass is 10.0. The SMILES string of the molecule is CCCONC(=O)C(=O)CC(NC(=O)c1cccnc1-n1ccc(-c2ccccc2)n1)c1ccccc1. The summed E-state index contributed by atoms with van der Waals surface area (Å²) in [6, 6.07) is 23.1. The third-order valence-corrected chi connectivity index (χ3v) is 5.53. The maximum absolute atomic E-state index is 13.4. The van der Waals surface area contributed by atoms with Gasteiger partial charge in [-0.3, -0.25) is 19.2 Å². The van der Waals surface area contributed by atoms with Crippen LogP contribution in [0.4, 0.5) is 0 Å². The lowest BCUT2D eigenvalue weighted by Crippen LogP contribution is -2.36. The fourth-order valence-corrected chi connectivity index (χ4v) is 3.69. The smallest absolute Gasteiger partial charge is 0.310 e. The van der Waals surface area contributed by atoms with Crippen molar-refractivity contribution < 1.29 is 19.2 Å². The standard InChI is InChI=1S/C28H27N5O4/c1-2-18-37-32-28(36)25(34)19-24(21-12-7-4-8-13-21)30-27(35)22-14-9-16-29-26(22)33-17-15-23(31-33)20-10-5-3-6-11-20/h3-17,24H,2,18-19H2,1H3,(H,30,35)(H,32,36). The predicted molar refractivity (Wildman–Crippen MR) is 137 cm³/mol. The normalized spacial score (nSPS) is 11.5. The number of nitrogens with zero attached hydrogens (tertiary/aromatic N) is 3. The minimum Gasteiger partial charge on any atom is -0.345 e. The molecule has 37 heavy (non-hydrogen) atoms. The number of ketones is 1. The third-order valence-electron chi connectivity index (χ3n) is 5.53. The summed E-state index contributed by atoms with van der Waals surface area (Å²) in [5.41, 5.74) is 4.78. The molecule has 1 unspecified atom stereocenters. The number of Topliss-reactive ketones (excluding diaryl/α,β-unsaturated/α-hetero) is 1. The van der Waals surface area contributed by atoms with Crippen molar-refractivity contribution >= 4 is 17.6 Å². The Labute approximate surface area is 214 Å². The van der Waals surface area contributed by atoms with E-state index in [4.69, 9.17) is 4.84 Å². The number of hydrogen-bond donors (Lipinski definition) is 2. The van der Waals surface area contributed by atoms with Crippen molar-refractivity contribution in [2.75, 3.05) is 6.61 Å². The number of nitrogens with one attached hydrogen (secondary N) is 2. The highest BCUT2D eigenvalue weighted by Crippen LogP contribution is 2.21. The molecule has 0 fully saturated rings. The van der Waals surface area contributed by atoms with E-state index in [9.17, 15) is 14.4 Å². The van der Waals surface area contributed by atoms with Crippen LogP contribution in [0.2, 0.25) is 0 Å². The summed E-state index contributed by atoms with van der Waals surface area (Å²) in [5, 5.41) is 7.48. The second kappa shape index (κ2) is 12.4. The van der Waals surface area contributed by atoms with E-state index in [0.717, 1.165) is 11.3 Å². The first-order valence-corrected chi connectivity index (χ1v) is 11.9. The van der Waals surface area contributed by atoms with Crippen LogP contribution < -0.4 is 10.8 Å². The lowest BCUT2D eigenvalue weighted by Gasteiger charge is -2.19. The average molecular weight is 498 g/mol. The molecule has 0 saturated heterocycles. The molecule has 0 bridgehead atoms. The summed E-state index contributed by atoms with van der Waals surface area (Å²) in [4.78, 5) is 47.6. The number of pyridine rings is 1. The quantitative estimate of drug-likeness (QED) is 0.185. The molecule has 0 spiro atoms. The van der Waals surface area contributed by atoms with Crippen LogP contribution in [0.3, 0.4) is 0 Å². The van der Waals surface area contributed by atoms with Gasteiger partial charge >= 0.3 is 5.91 Å². The zero-order valence-corrected chi connectivity index (χ0v) is 20.3. The van der Waals surface area contributed by atoms with Crippen LogP contribution >= 0.6 is 0 Å². The van der Waals surface area contributed by atoms with Crippen molar-refractivity contribution in [2.45, 2.75) is 25.8 Å². The fourth-order valence-electron chi connectivity index (χ4n) is 3.69. The van der Waals surface area contributed by atoms with E-state index in [1.807, 2.05) is 49.4 Å². The minimum atomic E-state index is -0.865. The minimum absolute atomic E-state index is 0.243. The maximum atomic E-state index is 13.4. The number of rotatable bonds is 11. The molecule has 4 rings (SSSR count). The number of benzene rings is 2. The highest BCUT2D eigenvalue weighted by Gasteiger charge is 2.25. The molecule has 2 N–H and O–H groups in total. The molecule has 188 valence electrons. The second-order valence-electron chi connectivity index (χ2n) is 8.23. The number of hydrogen-bond acceptors (Lipinski definition) is 6. The summed E-state index contributed by atoms with van der Waals surface area (Å²) in [6.07, 6.45) is 3.76. The van der Waals surface area contributed by atoms with Gasteiger partial charge in [0.25, 0.3) is 5.91 Å². The Hall–Kier alpha value is -4.63. The molecule has 2 aromatic carbocycles. The Morgan fingerprint density at radius 2 is 1.68 bits per heavy atom. The molecule has 0 saturated carbocycles. The molecular weight excluding hydrogens is 470 g/mol. The van der Waals surface area contributed by atoms with Gasteiger partial charge in [-0.15, -0.1) is 0 Å². The van der Waals surface area contributed by atoms with Gasteiger partial charge in [0, 0.05) is 24.4 Å². The van der Waals surface area contributed by atoms with Crippen LogP contribution in [-0.2, 0) is 14.4 Å². The molecule has 0 aliphatic rings. The van der Waals surface area contributed by atoms with Crippen LogP contribution in [0.15, 0.2) is 91.3 Å². The Morgan fingerprint density at radius 1 is 0.946 bits per heavy atom. The van der Waals surface area contributed by atoms with Crippen LogP contribution in [0, 0.1) is 0 Å². The monoisotopic (exact) mass is 497 g/mol. The van der Waals surface area contributed by atoms with Gasteiger partial charge in [0.05, 0.1) is 23.9 Å². The Morgan fingerprint density at radius 3 is 2.41 bits per heavy atom. The van der Waals surface area contributed by atoms with Crippen molar-refractivity contribution in [1.29, 1.82) is 0 Å². The van der Waals surface area contributed by atoms with Crippen molar-refractivity contribution in [3.8, 4) is 17.1 Å². The van der Waals surface area contributed by atoms with Gasteiger partial charge in [0.1, 0.15) is 0 Å². The van der Waals surface area contributed by atoms with Crippen LogP contribution in [0.1, 0.15) is 41.7 Å². The van der Waals surface area contributed by atoms with E-state index in [-0.39, 0.29) is 12.0 Å². The van der Waals surface area contributed by atoms with E-state index < -0.39 is 23.6 Å². The molecule has 1 atom stereocenters. The van der Waals surface area contributed by atoms with Crippen molar-refractivity contribution in [1.82, 2.24) is 25.6 Å². The summed E-state index contributed by atoms with van der Waals surface area (Å²) in [6.45, 7) is 2.18. The Balaban J connectivity index is 1.56. The Bertz CT molecular complexity index is 1360. The molecule has 0 aliphatic carbocycles. The number of amides is 2. The molecule has 2 amide bonds. The van der Waals surface area contributed by atoms with Crippen LogP contribution in [0.5, 0.6) is 0 Å². The predicted octanol–water partition coefficient (Wildman–Crippen LogP) is 3.82. The van der Waals surface area contributed by atoms with Crippen LogP contribution in [-0.4, -0.2) is 39.0 Å². The van der Waals surface area contributed by atoms with E-state index in [0.29, 0.717) is 24.4 Å². The summed E-state index contributed by atoms with van der Waals surface area (Å²) in [5.74, 6) is -1.69. The van der Waals surface area contributed by atoms with Crippen molar-refractivity contribution in [3.63, 3.8) is 0 Å². The van der Waals surface area contributed by atoms with Gasteiger partial charge in [-0.2, -0.15) is 5.10 Å². The van der Waals surface area contributed by atoms with Gasteiger partial charge < -0.3 is 5.32 Å². The number of hydroxylamine groups is 1. The molecule has 9 nitrogen and oxygen atoms in total. The van der Waals surface area contributed by atoms with E-state index in [2.05, 4.69) is 20.9 Å². The molecular formula is C28H27N5O4. The summed E-state index contributed by atoms with van der Waals surface area (Å²) >= 11 is 0. The van der Waals surface area contributed by atoms with Gasteiger partial charge in [0.15, 0.2) is 5.82 Å². The third kappa shape index (κ3) is 6.53. The molecule has 9 heteroatoms. The average Bonchev–Trinajstić information content (AvgIpc) is 3.44. The van der Waals surface area contributed by atoms with Gasteiger partial charge in [-0.25, -0.2) is 15.1 Å². The highest BCUT2D eigenvalue weighted by molar-refractivity contribution is 6.36. The van der Waals surface area contributed by atoms with Crippen molar-refractivity contribution in [3.05, 3.63) is 102 Å². The second-order valence-corrected chi connectivity index (χ2v) is 8.23. The first-order valence-electron chi connectivity index (χ1n) is 11.9. The zero-order valence-electron chi connectivity index (χ0n) is 20.3. The largest absolute Gasteiger partial charge is 0.345 e. The van der Waals surface area contributed by atoms with Crippen molar-refractivity contribution in [2.24, 2.45) is 0 Å². The number of carbonyl (C=O) groups excluding carboxylic acids is 3. The summed E-state index contributed by atoms with van der Waals surface area (Å²) in [7, 11) is 0. The van der Waals surface area contributed by atoms with Gasteiger partial charge in [0.2, 0.25) is 5.78 Å². The fraction of sp³-hybridized carbons (Fsp3) is 0.179. The van der Waals surface area contributed by atoms with Gasteiger partial charge in [-0.1, -0.05) is 67.6 Å². The first kappa shape index (κ1) is 25.5. The topological polar surface area (TPSA) is 115 Å². The number of carbonyl (C=O) groups is 3. The van der Waals surface area contributed by atoms with Crippen LogP contribution in [0.25, 0.3) is 17.1 Å². The lowest BCUT2D eigenvalue weighted by molar-refractivity contribution is -0.146. The number of aromatic nitrogens is 3. The maximum Gasteiger partial charge on any atom is 0.310 e. The highest BCUT2D eigenvalue weighted by atomic mass is 16.6. The zero-order chi connectivity index (χ0) is 26.0. The molecule has 2 heterocycles. The molecule has 0 aliphatic heterocycles. The molecule has 0 radical (unpaired) electrons. The van der Waals surface area contributed by atoms with E-state index >= 15 is 0 Å². The van der Waals surface area contributed by atoms with E-state index in [1.54, 1.807) is 53.5 Å². The summed E-state index contributed by atoms with van der Waals surface area (Å²) < 4.78 is 1.54.